The zero-order valence-corrected chi connectivity index (χ0v) is 11.7. The van der Waals surface area contributed by atoms with Gasteiger partial charge in [-0.2, -0.15) is 0 Å². The van der Waals surface area contributed by atoms with Crippen molar-refractivity contribution in [2.24, 2.45) is 5.92 Å². The molecule has 2 atom stereocenters. The van der Waals surface area contributed by atoms with Crippen molar-refractivity contribution in [3.63, 3.8) is 0 Å². The number of hydrogen-bond donors (Lipinski definition) is 2. The molecular formula is C13H17F2NO3S. The van der Waals surface area contributed by atoms with Gasteiger partial charge in [0, 0.05) is 12.6 Å². The molecule has 0 aromatic heterocycles. The second kappa shape index (κ2) is 6.15. The molecule has 0 saturated heterocycles. The Morgan fingerprint density at radius 2 is 1.90 bits per heavy atom. The summed E-state index contributed by atoms with van der Waals surface area (Å²) in [6.07, 6.45) is 3.21. The summed E-state index contributed by atoms with van der Waals surface area (Å²) in [4.78, 5) is -0.307. The molecule has 2 N–H and O–H groups in total. The molecule has 2 unspecified atom stereocenters. The van der Waals surface area contributed by atoms with Crippen LogP contribution in [0.25, 0.3) is 0 Å². The Hall–Kier alpha value is -1.05. The number of aliphatic hydroxyl groups excluding tert-OH is 1. The Kier molecular flexibility index (Phi) is 4.72. The summed E-state index contributed by atoms with van der Waals surface area (Å²) < 4.78 is 52.7. The molecule has 20 heavy (non-hydrogen) atoms. The number of hydrogen-bond acceptors (Lipinski definition) is 3. The molecule has 112 valence electrons. The first-order valence-electron chi connectivity index (χ1n) is 6.52. The van der Waals surface area contributed by atoms with Gasteiger partial charge in [-0.05, 0) is 37.0 Å². The first kappa shape index (κ1) is 15.3. The SMILES string of the molecule is O=S(=O)(NC1CCCCC1CO)c1ccc(F)c(F)c1. The van der Waals surface area contributed by atoms with Crippen molar-refractivity contribution in [1.82, 2.24) is 4.72 Å². The van der Waals surface area contributed by atoms with Crippen LogP contribution in [0.5, 0.6) is 0 Å². The third-order valence-corrected chi connectivity index (χ3v) is 5.14. The topological polar surface area (TPSA) is 66.4 Å². The molecule has 0 spiro atoms. The lowest BCUT2D eigenvalue weighted by Crippen LogP contribution is -2.43. The third kappa shape index (κ3) is 3.34. The van der Waals surface area contributed by atoms with Gasteiger partial charge in [0.1, 0.15) is 0 Å². The van der Waals surface area contributed by atoms with Crippen molar-refractivity contribution in [2.75, 3.05) is 6.61 Å². The molecule has 0 amide bonds. The lowest BCUT2D eigenvalue weighted by atomic mass is 9.86. The Morgan fingerprint density at radius 3 is 2.55 bits per heavy atom. The van der Waals surface area contributed by atoms with Gasteiger partial charge < -0.3 is 5.11 Å². The van der Waals surface area contributed by atoms with Crippen molar-refractivity contribution < 1.29 is 22.3 Å². The zero-order valence-electron chi connectivity index (χ0n) is 10.9. The van der Waals surface area contributed by atoms with Crippen molar-refractivity contribution in [1.29, 1.82) is 0 Å². The highest BCUT2D eigenvalue weighted by Crippen LogP contribution is 2.25. The molecule has 1 aliphatic rings. The van der Waals surface area contributed by atoms with Crippen molar-refractivity contribution >= 4 is 10.0 Å². The molecule has 1 aliphatic carbocycles. The van der Waals surface area contributed by atoms with Gasteiger partial charge in [-0.3, -0.25) is 0 Å². The Labute approximate surface area is 116 Å². The normalized spacial score (nSPS) is 23.8. The van der Waals surface area contributed by atoms with Crippen LogP contribution in [-0.4, -0.2) is 26.2 Å². The van der Waals surface area contributed by atoms with E-state index in [4.69, 9.17) is 0 Å². The predicted octanol–water partition coefficient (Wildman–Crippen LogP) is 1.79. The van der Waals surface area contributed by atoms with Gasteiger partial charge in [-0.15, -0.1) is 0 Å². The van der Waals surface area contributed by atoms with Crippen LogP contribution in [0, 0.1) is 17.6 Å². The molecule has 2 rings (SSSR count). The van der Waals surface area contributed by atoms with Gasteiger partial charge >= 0.3 is 0 Å². The largest absolute Gasteiger partial charge is 0.396 e. The molecule has 0 radical (unpaired) electrons. The summed E-state index contributed by atoms with van der Waals surface area (Å²) in [6.45, 7) is -0.0923. The molecule has 0 aliphatic heterocycles. The fraction of sp³-hybridized carbons (Fsp3) is 0.538. The Morgan fingerprint density at radius 1 is 1.20 bits per heavy atom. The van der Waals surface area contributed by atoms with Crippen LogP contribution in [0.3, 0.4) is 0 Å². The smallest absolute Gasteiger partial charge is 0.240 e. The van der Waals surface area contributed by atoms with Gasteiger partial charge in [-0.1, -0.05) is 12.8 Å². The highest BCUT2D eigenvalue weighted by atomic mass is 32.2. The van der Waals surface area contributed by atoms with E-state index in [9.17, 15) is 22.3 Å². The Balaban J connectivity index is 2.19. The Bertz CT molecular complexity index is 577. The average Bonchev–Trinajstić information content (AvgIpc) is 2.42. The summed E-state index contributed by atoms with van der Waals surface area (Å²) in [5.74, 6) is -2.42. The van der Waals surface area contributed by atoms with Crippen LogP contribution >= 0.6 is 0 Å². The number of rotatable bonds is 4. The van der Waals surface area contributed by atoms with E-state index in [1.54, 1.807) is 0 Å². The summed E-state index contributed by atoms with van der Waals surface area (Å²) in [7, 11) is -3.91. The first-order chi connectivity index (χ1) is 9.44. The fourth-order valence-electron chi connectivity index (χ4n) is 2.49. The molecule has 0 bridgehead atoms. The quantitative estimate of drug-likeness (QED) is 0.891. The lowest BCUT2D eigenvalue weighted by Gasteiger charge is -2.30. The molecule has 7 heteroatoms. The minimum Gasteiger partial charge on any atom is -0.396 e. The molecule has 0 heterocycles. The average molecular weight is 305 g/mol. The molecule has 1 fully saturated rings. The number of aliphatic hydroxyl groups is 1. The van der Waals surface area contributed by atoms with Gasteiger partial charge in [0.15, 0.2) is 11.6 Å². The number of nitrogens with one attached hydrogen (secondary N) is 1. The van der Waals surface area contributed by atoms with Crippen LogP contribution in [-0.2, 0) is 10.0 Å². The zero-order chi connectivity index (χ0) is 14.8. The van der Waals surface area contributed by atoms with E-state index < -0.39 is 21.7 Å². The standard InChI is InChI=1S/C13H17F2NO3S/c14-11-6-5-10(7-12(11)15)20(18,19)16-13-4-2-1-3-9(13)8-17/h5-7,9,13,16-17H,1-4,8H2. The van der Waals surface area contributed by atoms with Gasteiger partial charge in [0.2, 0.25) is 10.0 Å². The van der Waals surface area contributed by atoms with E-state index in [1.807, 2.05) is 0 Å². The maximum absolute atomic E-state index is 13.1. The van der Waals surface area contributed by atoms with Gasteiger partial charge in [0.05, 0.1) is 4.90 Å². The maximum Gasteiger partial charge on any atom is 0.240 e. The lowest BCUT2D eigenvalue weighted by molar-refractivity contribution is 0.164. The van der Waals surface area contributed by atoms with E-state index in [-0.39, 0.29) is 23.5 Å². The van der Waals surface area contributed by atoms with Crippen LogP contribution in [0.15, 0.2) is 23.1 Å². The molecule has 1 aromatic carbocycles. The minimum atomic E-state index is -3.91. The van der Waals surface area contributed by atoms with Crippen molar-refractivity contribution in [3.8, 4) is 0 Å². The first-order valence-corrected chi connectivity index (χ1v) is 8.00. The van der Waals surface area contributed by atoms with Crippen molar-refractivity contribution in [2.45, 2.75) is 36.6 Å². The number of sulfonamides is 1. The van der Waals surface area contributed by atoms with Gasteiger partial charge in [0.25, 0.3) is 0 Å². The number of halogens is 2. The van der Waals surface area contributed by atoms with Crippen LogP contribution in [0.2, 0.25) is 0 Å². The van der Waals surface area contributed by atoms with Gasteiger partial charge in [-0.25, -0.2) is 21.9 Å². The summed E-state index contributed by atoms with van der Waals surface area (Å²) >= 11 is 0. The molecule has 1 saturated carbocycles. The maximum atomic E-state index is 13.1. The highest BCUT2D eigenvalue weighted by molar-refractivity contribution is 7.89. The molecule has 1 aromatic rings. The highest BCUT2D eigenvalue weighted by Gasteiger charge is 2.29. The predicted molar refractivity (Wildman–Crippen MR) is 69.5 cm³/mol. The van der Waals surface area contributed by atoms with E-state index >= 15 is 0 Å². The van der Waals surface area contributed by atoms with Crippen LogP contribution < -0.4 is 4.72 Å². The second-order valence-electron chi connectivity index (χ2n) is 5.03. The second-order valence-corrected chi connectivity index (χ2v) is 6.74. The summed E-state index contributed by atoms with van der Waals surface area (Å²) in [5, 5.41) is 9.26. The van der Waals surface area contributed by atoms with E-state index in [0.29, 0.717) is 12.5 Å². The monoisotopic (exact) mass is 305 g/mol. The van der Waals surface area contributed by atoms with Crippen LogP contribution in [0.4, 0.5) is 8.78 Å². The summed E-state index contributed by atoms with van der Waals surface area (Å²) in [5.41, 5.74) is 0. The minimum absolute atomic E-state index is 0.0923. The van der Waals surface area contributed by atoms with E-state index in [1.165, 1.54) is 0 Å². The molecular weight excluding hydrogens is 288 g/mol. The third-order valence-electron chi connectivity index (χ3n) is 3.65. The molecule has 4 nitrogen and oxygen atoms in total. The fourth-order valence-corrected chi connectivity index (χ4v) is 3.84. The van der Waals surface area contributed by atoms with Crippen molar-refractivity contribution in [3.05, 3.63) is 29.8 Å². The number of benzene rings is 1. The van der Waals surface area contributed by atoms with Crippen LogP contribution in [0.1, 0.15) is 25.7 Å². The van der Waals surface area contributed by atoms with E-state index in [2.05, 4.69) is 4.72 Å². The van der Waals surface area contributed by atoms with E-state index in [0.717, 1.165) is 31.4 Å². The summed E-state index contributed by atoms with van der Waals surface area (Å²) in [6, 6.07) is 2.10.